The molecule has 0 aromatic carbocycles. The van der Waals surface area contributed by atoms with E-state index < -0.39 is 0 Å². The van der Waals surface area contributed by atoms with Crippen LogP contribution in [0.1, 0.15) is 53.1 Å². The number of aryl methyl sites for hydroxylation is 2. The number of rotatable bonds is 3. The maximum Gasteiger partial charge on any atom is 0.308 e. The number of amides is 1. The molecule has 0 unspecified atom stereocenters. The van der Waals surface area contributed by atoms with E-state index in [1.165, 1.54) is 7.11 Å². The number of hydrogen-bond donors (Lipinski definition) is 1. The van der Waals surface area contributed by atoms with Gasteiger partial charge in [0.15, 0.2) is 0 Å². The van der Waals surface area contributed by atoms with Crippen LogP contribution >= 0.6 is 0 Å². The zero-order chi connectivity index (χ0) is 15.6. The van der Waals surface area contributed by atoms with Crippen LogP contribution in [0.4, 0.5) is 0 Å². The number of carbonyl (C=O) groups excluding carboxylic acids is 2. The van der Waals surface area contributed by atoms with Crippen molar-refractivity contribution in [3.63, 3.8) is 0 Å². The Hall–Kier alpha value is -1.78. The average molecular weight is 293 g/mol. The molecule has 1 N–H and O–H groups in total. The summed E-state index contributed by atoms with van der Waals surface area (Å²) in [5.41, 5.74) is 1.54. The van der Waals surface area contributed by atoms with Crippen LogP contribution in [0.15, 0.2) is 4.42 Å². The first kappa shape index (κ1) is 15.6. The fraction of sp³-hybridized carbons (Fsp3) is 0.625. The van der Waals surface area contributed by atoms with E-state index in [9.17, 15) is 9.59 Å². The summed E-state index contributed by atoms with van der Waals surface area (Å²) in [6, 6.07) is 0.118. The molecule has 2 rings (SSSR count). The van der Waals surface area contributed by atoms with Crippen LogP contribution in [0.25, 0.3) is 0 Å². The molecule has 1 fully saturated rings. The molecule has 0 bridgehead atoms. The van der Waals surface area contributed by atoms with E-state index >= 15 is 0 Å². The molecule has 116 valence electrons. The van der Waals surface area contributed by atoms with E-state index in [-0.39, 0.29) is 23.8 Å². The monoisotopic (exact) mass is 293 g/mol. The van der Waals surface area contributed by atoms with Crippen LogP contribution in [0.5, 0.6) is 0 Å². The van der Waals surface area contributed by atoms with Gasteiger partial charge in [0.2, 0.25) is 0 Å². The third-order valence-corrected chi connectivity index (χ3v) is 4.39. The van der Waals surface area contributed by atoms with Crippen molar-refractivity contribution in [2.75, 3.05) is 7.11 Å². The lowest BCUT2D eigenvalue weighted by Crippen LogP contribution is -2.39. The van der Waals surface area contributed by atoms with E-state index in [1.54, 1.807) is 0 Å². The first-order valence-corrected chi connectivity index (χ1v) is 7.39. The Morgan fingerprint density at radius 2 is 1.71 bits per heavy atom. The molecule has 1 aromatic rings. The predicted molar refractivity (Wildman–Crippen MR) is 78.1 cm³/mol. The zero-order valence-electron chi connectivity index (χ0n) is 13.1. The first-order valence-electron chi connectivity index (χ1n) is 7.39. The molecule has 5 heteroatoms. The minimum Gasteiger partial charge on any atom is -0.469 e. The highest BCUT2D eigenvalue weighted by Crippen LogP contribution is 2.26. The summed E-state index contributed by atoms with van der Waals surface area (Å²) in [7, 11) is 1.42. The van der Waals surface area contributed by atoms with Gasteiger partial charge in [-0.3, -0.25) is 9.59 Å². The molecule has 0 spiro atoms. The molecular weight excluding hydrogens is 270 g/mol. The van der Waals surface area contributed by atoms with Crippen LogP contribution in [-0.4, -0.2) is 25.0 Å². The maximum atomic E-state index is 12.4. The second kappa shape index (κ2) is 6.33. The standard InChI is InChI=1S/C16H23NO4/c1-9-10(2)21-11(3)14(9)15(18)17-13-7-5-12(6-8-13)16(19)20-4/h12-13H,5-8H2,1-4H3,(H,17,18). The Morgan fingerprint density at radius 3 is 2.19 bits per heavy atom. The van der Waals surface area contributed by atoms with Gasteiger partial charge in [0.1, 0.15) is 11.5 Å². The maximum absolute atomic E-state index is 12.4. The summed E-state index contributed by atoms with van der Waals surface area (Å²) in [6.07, 6.45) is 3.14. The fourth-order valence-electron chi connectivity index (χ4n) is 3.03. The molecule has 0 atom stereocenters. The second-order valence-corrected chi connectivity index (χ2v) is 5.76. The van der Waals surface area contributed by atoms with Crippen LogP contribution < -0.4 is 5.32 Å². The van der Waals surface area contributed by atoms with E-state index in [4.69, 9.17) is 9.15 Å². The molecular formula is C16H23NO4. The lowest BCUT2D eigenvalue weighted by Gasteiger charge is -2.27. The SMILES string of the molecule is COC(=O)C1CCC(NC(=O)c2c(C)oc(C)c2C)CC1. The lowest BCUT2D eigenvalue weighted by molar-refractivity contribution is -0.146. The van der Waals surface area contributed by atoms with Crippen LogP contribution in [0, 0.1) is 26.7 Å². The summed E-state index contributed by atoms with van der Waals surface area (Å²) >= 11 is 0. The van der Waals surface area contributed by atoms with Crippen molar-refractivity contribution in [1.82, 2.24) is 5.32 Å². The molecule has 0 saturated heterocycles. The van der Waals surface area contributed by atoms with Gasteiger partial charge in [-0.1, -0.05) is 0 Å². The van der Waals surface area contributed by atoms with Crippen molar-refractivity contribution in [2.45, 2.75) is 52.5 Å². The highest BCUT2D eigenvalue weighted by molar-refractivity contribution is 5.97. The predicted octanol–water partition coefficient (Wildman–Crippen LogP) is 2.67. The van der Waals surface area contributed by atoms with Gasteiger partial charge in [-0.15, -0.1) is 0 Å². The van der Waals surface area contributed by atoms with Crippen LogP contribution in [0.3, 0.4) is 0 Å². The first-order chi connectivity index (χ1) is 9.93. The van der Waals surface area contributed by atoms with E-state index in [2.05, 4.69) is 5.32 Å². The van der Waals surface area contributed by atoms with Crippen molar-refractivity contribution >= 4 is 11.9 Å². The Morgan fingerprint density at radius 1 is 1.10 bits per heavy atom. The van der Waals surface area contributed by atoms with E-state index in [1.807, 2.05) is 20.8 Å². The Bertz CT molecular complexity index is 539. The molecule has 0 aliphatic heterocycles. The highest BCUT2D eigenvalue weighted by Gasteiger charge is 2.28. The van der Waals surface area contributed by atoms with Crippen molar-refractivity contribution in [3.8, 4) is 0 Å². The molecule has 1 aliphatic carbocycles. The summed E-state index contributed by atoms with van der Waals surface area (Å²) in [6.45, 7) is 5.57. The fourth-order valence-corrected chi connectivity index (χ4v) is 3.03. The van der Waals surface area contributed by atoms with Crippen LogP contribution in [0.2, 0.25) is 0 Å². The van der Waals surface area contributed by atoms with E-state index in [0.29, 0.717) is 11.3 Å². The van der Waals surface area contributed by atoms with Crippen molar-refractivity contribution in [1.29, 1.82) is 0 Å². The number of furan rings is 1. The van der Waals surface area contributed by atoms with Gasteiger partial charge < -0.3 is 14.5 Å². The zero-order valence-corrected chi connectivity index (χ0v) is 13.1. The normalized spacial score (nSPS) is 21.9. The second-order valence-electron chi connectivity index (χ2n) is 5.76. The van der Waals surface area contributed by atoms with Gasteiger partial charge in [-0.05, 0) is 46.5 Å². The highest BCUT2D eigenvalue weighted by atomic mass is 16.5. The van der Waals surface area contributed by atoms with Gasteiger partial charge in [0.25, 0.3) is 5.91 Å². The van der Waals surface area contributed by atoms with Crippen molar-refractivity contribution in [2.24, 2.45) is 5.92 Å². The molecule has 5 nitrogen and oxygen atoms in total. The number of esters is 1. The number of hydrogen-bond acceptors (Lipinski definition) is 4. The summed E-state index contributed by atoms with van der Waals surface area (Å²) < 4.78 is 10.3. The molecule has 1 amide bonds. The van der Waals surface area contributed by atoms with Crippen LogP contribution in [-0.2, 0) is 9.53 Å². The van der Waals surface area contributed by atoms with Gasteiger partial charge in [-0.25, -0.2) is 0 Å². The number of nitrogens with one attached hydrogen (secondary N) is 1. The molecule has 1 saturated carbocycles. The lowest BCUT2D eigenvalue weighted by atomic mass is 9.86. The third-order valence-electron chi connectivity index (χ3n) is 4.39. The summed E-state index contributed by atoms with van der Waals surface area (Å²) in [4.78, 5) is 23.9. The van der Waals surface area contributed by atoms with Gasteiger partial charge in [0.05, 0.1) is 18.6 Å². The molecule has 1 aromatic heterocycles. The Labute approximate surface area is 125 Å². The van der Waals surface area contributed by atoms with E-state index in [0.717, 1.165) is 37.0 Å². The molecule has 1 heterocycles. The van der Waals surface area contributed by atoms with Gasteiger partial charge in [0, 0.05) is 11.6 Å². The summed E-state index contributed by atoms with van der Waals surface area (Å²) in [5.74, 6) is 1.20. The Kier molecular flexibility index (Phi) is 4.70. The number of ether oxygens (including phenoxy) is 1. The molecule has 1 aliphatic rings. The number of methoxy groups -OCH3 is 1. The number of carbonyl (C=O) groups is 2. The smallest absolute Gasteiger partial charge is 0.308 e. The largest absolute Gasteiger partial charge is 0.469 e. The topological polar surface area (TPSA) is 68.5 Å². The minimum atomic E-state index is -0.142. The molecule has 21 heavy (non-hydrogen) atoms. The Balaban J connectivity index is 1.94. The van der Waals surface area contributed by atoms with Crippen molar-refractivity contribution < 1.29 is 18.7 Å². The molecule has 0 radical (unpaired) electrons. The van der Waals surface area contributed by atoms with Crippen molar-refractivity contribution in [3.05, 3.63) is 22.6 Å². The average Bonchev–Trinajstić information content (AvgIpc) is 2.72. The quantitative estimate of drug-likeness (QED) is 0.870. The minimum absolute atomic E-state index is 0.0252. The van der Waals surface area contributed by atoms with Gasteiger partial charge >= 0.3 is 5.97 Å². The third kappa shape index (κ3) is 3.28. The summed E-state index contributed by atoms with van der Waals surface area (Å²) in [5, 5.41) is 3.06. The van der Waals surface area contributed by atoms with Gasteiger partial charge in [-0.2, -0.15) is 0 Å².